The van der Waals surface area contributed by atoms with Crippen LogP contribution in [0.5, 0.6) is 0 Å². The summed E-state index contributed by atoms with van der Waals surface area (Å²) < 4.78 is 4.76. The van der Waals surface area contributed by atoms with E-state index >= 15 is 0 Å². The summed E-state index contributed by atoms with van der Waals surface area (Å²) >= 11 is 0. The maximum absolute atomic E-state index is 11.3. The fourth-order valence-electron chi connectivity index (χ4n) is 1.75. The molecule has 3 nitrogen and oxygen atoms in total. The smallest absolute Gasteiger partial charge is 0.309 e. The molecule has 1 unspecified atom stereocenters. The second-order valence-electron chi connectivity index (χ2n) is 4.03. The number of hydrogen-bond donors (Lipinski definition) is 1. The average Bonchev–Trinajstić information content (AvgIpc) is 2.02. The minimum Gasteiger partial charge on any atom is -0.469 e. The van der Waals surface area contributed by atoms with Gasteiger partial charge in [-0.1, -0.05) is 13.8 Å². The van der Waals surface area contributed by atoms with Gasteiger partial charge in [0.25, 0.3) is 0 Å². The Labute approximate surface area is 73.5 Å². The largest absolute Gasteiger partial charge is 0.469 e. The molecule has 1 saturated heterocycles. The first-order valence-electron chi connectivity index (χ1n) is 4.36. The van der Waals surface area contributed by atoms with Crippen LogP contribution in [0.3, 0.4) is 0 Å². The van der Waals surface area contributed by atoms with Gasteiger partial charge in [0, 0.05) is 6.54 Å². The SMILES string of the molecule is COC(=O)C1CCNCC1(C)C. The van der Waals surface area contributed by atoms with Crippen molar-refractivity contribution < 1.29 is 9.53 Å². The summed E-state index contributed by atoms with van der Waals surface area (Å²) in [7, 11) is 1.46. The van der Waals surface area contributed by atoms with Crippen molar-refractivity contribution in [3.05, 3.63) is 0 Å². The molecule has 1 aliphatic heterocycles. The fourth-order valence-corrected chi connectivity index (χ4v) is 1.75. The Morgan fingerprint density at radius 3 is 2.75 bits per heavy atom. The zero-order valence-electron chi connectivity index (χ0n) is 8.02. The van der Waals surface area contributed by atoms with Gasteiger partial charge < -0.3 is 10.1 Å². The van der Waals surface area contributed by atoms with E-state index in [9.17, 15) is 4.79 Å². The molecule has 0 saturated carbocycles. The summed E-state index contributed by atoms with van der Waals surface area (Å²) in [6.45, 7) is 6.01. The molecular formula is C9H17NO2. The number of nitrogens with one attached hydrogen (secondary N) is 1. The zero-order valence-corrected chi connectivity index (χ0v) is 8.02. The molecule has 0 spiro atoms. The van der Waals surface area contributed by atoms with Crippen molar-refractivity contribution in [2.45, 2.75) is 20.3 Å². The number of ether oxygens (including phenoxy) is 1. The Morgan fingerprint density at radius 2 is 2.25 bits per heavy atom. The van der Waals surface area contributed by atoms with Crippen LogP contribution in [0.2, 0.25) is 0 Å². The van der Waals surface area contributed by atoms with Gasteiger partial charge in [-0.3, -0.25) is 4.79 Å². The van der Waals surface area contributed by atoms with Gasteiger partial charge in [-0.25, -0.2) is 0 Å². The highest BCUT2D eigenvalue weighted by molar-refractivity contribution is 5.73. The van der Waals surface area contributed by atoms with Gasteiger partial charge >= 0.3 is 5.97 Å². The number of carbonyl (C=O) groups is 1. The monoisotopic (exact) mass is 171 g/mol. The highest BCUT2D eigenvalue weighted by Gasteiger charge is 2.37. The predicted molar refractivity (Wildman–Crippen MR) is 46.8 cm³/mol. The third-order valence-electron chi connectivity index (χ3n) is 2.62. The molecule has 1 rings (SSSR count). The van der Waals surface area contributed by atoms with Crippen molar-refractivity contribution in [2.75, 3.05) is 20.2 Å². The predicted octanol–water partition coefficient (Wildman–Crippen LogP) is 0.795. The van der Waals surface area contributed by atoms with Crippen LogP contribution in [-0.2, 0) is 9.53 Å². The van der Waals surface area contributed by atoms with E-state index in [2.05, 4.69) is 19.2 Å². The van der Waals surface area contributed by atoms with Gasteiger partial charge in [-0.15, -0.1) is 0 Å². The maximum atomic E-state index is 11.3. The van der Waals surface area contributed by atoms with E-state index in [0.717, 1.165) is 19.5 Å². The normalized spacial score (nSPS) is 28.1. The zero-order chi connectivity index (χ0) is 9.19. The number of rotatable bonds is 1. The Balaban J connectivity index is 2.66. The van der Waals surface area contributed by atoms with Gasteiger partial charge in [-0.05, 0) is 18.4 Å². The van der Waals surface area contributed by atoms with Crippen molar-refractivity contribution in [2.24, 2.45) is 11.3 Å². The van der Waals surface area contributed by atoms with Crippen LogP contribution < -0.4 is 5.32 Å². The van der Waals surface area contributed by atoms with Crippen LogP contribution in [0.4, 0.5) is 0 Å². The lowest BCUT2D eigenvalue weighted by molar-refractivity contribution is -0.150. The summed E-state index contributed by atoms with van der Waals surface area (Å²) in [6, 6.07) is 0. The van der Waals surface area contributed by atoms with Crippen LogP contribution in [0.15, 0.2) is 0 Å². The van der Waals surface area contributed by atoms with Crippen LogP contribution in [0, 0.1) is 11.3 Å². The molecule has 0 aromatic carbocycles. The van der Waals surface area contributed by atoms with E-state index in [1.54, 1.807) is 0 Å². The first-order valence-corrected chi connectivity index (χ1v) is 4.36. The van der Waals surface area contributed by atoms with E-state index in [-0.39, 0.29) is 17.3 Å². The lowest BCUT2D eigenvalue weighted by atomic mass is 9.75. The molecule has 0 aromatic heterocycles. The van der Waals surface area contributed by atoms with Crippen molar-refractivity contribution in [3.8, 4) is 0 Å². The number of methoxy groups -OCH3 is 1. The van der Waals surface area contributed by atoms with E-state index in [1.807, 2.05) is 0 Å². The Bertz CT molecular complexity index is 177. The molecule has 0 aliphatic carbocycles. The first-order chi connectivity index (χ1) is 5.58. The Morgan fingerprint density at radius 1 is 1.58 bits per heavy atom. The molecule has 0 radical (unpaired) electrons. The van der Waals surface area contributed by atoms with Gasteiger partial charge in [-0.2, -0.15) is 0 Å². The molecule has 12 heavy (non-hydrogen) atoms. The van der Waals surface area contributed by atoms with Gasteiger partial charge in [0.15, 0.2) is 0 Å². The van der Waals surface area contributed by atoms with Crippen LogP contribution >= 0.6 is 0 Å². The quantitative estimate of drug-likeness (QED) is 0.593. The van der Waals surface area contributed by atoms with Crippen LogP contribution in [0.1, 0.15) is 20.3 Å². The number of hydrogen-bond acceptors (Lipinski definition) is 3. The Kier molecular flexibility index (Phi) is 2.73. The summed E-state index contributed by atoms with van der Waals surface area (Å²) in [5.41, 5.74) is 0.0331. The minimum atomic E-state index is -0.0681. The second kappa shape index (κ2) is 3.44. The van der Waals surface area contributed by atoms with E-state index in [0.29, 0.717) is 0 Å². The first kappa shape index (κ1) is 9.52. The average molecular weight is 171 g/mol. The van der Waals surface area contributed by atoms with Crippen LogP contribution in [-0.4, -0.2) is 26.2 Å². The second-order valence-corrected chi connectivity index (χ2v) is 4.03. The maximum Gasteiger partial charge on any atom is 0.309 e. The highest BCUT2D eigenvalue weighted by Crippen LogP contribution is 2.32. The van der Waals surface area contributed by atoms with Crippen molar-refractivity contribution in [3.63, 3.8) is 0 Å². The van der Waals surface area contributed by atoms with E-state index < -0.39 is 0 Å². The molecule has 1 atom stereocenters. The molecule has 1 aliphatic rings. The van der Waals surface area contributed by atoms with Gasteiger partial charge in [0.05, 0.1) is 13.0 Å². The van der Waals surface area contributed by atoms with Crippen molar-refractivity contribution >= 4 is 5.97 Å². The molecule has 3 heteroatoms. The molecule has 0 aromatic rings. The summed E-state index contributed by atoms with van der Waals surface area (Å²) in [6.07, 6.45) is 0.889. The summed E-state index contributed by atoms with van der Waals surface area (Å²) in [4.78, 5) is 11.3. The van der Waals surface area contributed by atoms with Crippen molar-refractivity contribution in [1.82, 2.24) is 5.32 Å². The molecule has 1 heterocycles. The fraction of sp³-hybridized carbons (Fsp3) is 0.889. The number of piperidine rings is 1. The summed E-state index contributed by atoms with van der Waals surface area (Å²) in [5, 5.41) is 3.28. The topological polar surface area (TPSA) is 38.3 Å². The molecule has 70 valence electrons. The lowest BCUT2D eigenvalue weighted by Gasteiger charge is -2.36. The molecule has 1 N–H and O–H groups in total. The lowest BCUT2D eigenvalue weighted by Crippen LogP contribution is -2.46. The molecule has 0 amide bonds. The number of carbonyl (C=O) groups excluding carboxylic acids is 1. The highest BCUT2D eigenvalue weighted by atomic mass is 16.5. The van der Waals surface area contributed by atoms with Gasteiger partial charge in [0.2, 0.25) is 0 Å². The minimum absolute atomic E-state index is 0.0331. The Hall–Kier alpha value is -0.570. The van der Waals surface area contributed by atoms with Crippen LogP contribution in [0.25, 0.3) is 0 Å². The third kappa shape index (κ3) is 1.78. The van der Waals surface area contributed by atoms with E-state index in [4.69, 9.17) is 4.74 Å². The molecular weight excluding hydrogens is 154 g/mol. The third-order valence-corrected chi connectivity index (χ3v) is 2.62. The van der Waals surface area contributed by atoms with Crippen molar-refractivity contribution in [1.29, 1.82) is 0 Å². The standard InChI is InChI=1S/C9H17NO2/c1-9(2)6-10-5-4-7(9)8(11)12-3/h7,10H,4-6H2,1-3H3. The van der Waals surface area contributed by atoms with E-state index in [1.165, 1.54) is 7.11 Å². The van der Waals surface area contributed by atoms with Gasteiger partial charge in [0.1, 0.15) is 0 Å². The molecule has 1 fully saturated rings. The number of esters is 1. The summed E-state index contributed by atoms with van der Waals surface area (Å²) in [5.74, 6) is -0.00903. The molecule has 0 bridgehead atoms.